The molecule has 0 aliphatic rings. The van der Waals surface area contributed by atoms with Crippen molar-refractivity contribution >= 4 is 27.2 Å². The van der Waals surface area contributed by atoms with Crippen molar-refractivity contribution in [2.24, 2.45) is 0 Å². The Morgan fingerprint density at radius 2 is 1.81 bits per heavy atom. The third-order valence-electron chi connectivity index (χ3n) is 2.06. The van der Waals surface area contributed by atoms with Crippen LogP contribution in [0.3, 0.4) is 0 Å². The average molecular weight is 261 g/mol. The molecule has 3 nitrogen and oxygen atoms in total. The smallest absolute Gasteiger partial charge is 0.154 e. The molecule has 0 aromatic heterocycles. The summed E-state index contributed by atoms with van der Waals surface area (Å²) in [6, 6.07) is 6.65. The molecule has 0 unspecified atom stereocenters. The molecule has 0 bridgehead atoms. The molecule has 0 radical (unpaired) electrons. The summed E-state index contributed by atoms with van der Waals surface area (Å²) in [4.78, 5) is 10.7. The zero-order valence-electron chi connectivity index (χ0n) is 8.94. The Bertz CT molecular complexity index is 463. The topological polar surface area (TPSA) is 51.2 Å². The van der Waals surface area contributed by atoms with Crippen LogP contribution in [0, 0.1) is 0 Å². The molecule has 88 valence electrons. The van der Waals surface area contributed by atoms with Crippen molar-refractivity contribution in [2.75, 3.05) is 5.75 Å². The number of sulfone groups is 1. The summed E-state index contributed by atoms with van der Waals surface area (Å²) in [6.07, 6.45) is 0.0793. The SMILES string of the molecule is CC(=O)CCS(=O)(=O)Cc1ccc(Cl)cc1. The van der Waals surface area contributed by atoms with Gasteiger partial charge in [-0.2, -0.15) is 0 Å². The van der Waals surface area contributed by atoms with Crippen molar-refractivity contribution in [3.8, 4) is 0 Å². The van der Waals surface area contributed by atoms with Gasteiger partial charge in [0.15, 0.2) is 9.84 Å². The minimum absolute atomic E-state index is 0.0442. The van der Waals surface area contributed by atoms with Crippen LogP contribution in [0.25, 0.3) is 0 Å². The van der Waals surface area contributed by atoms with Crippen LogP contribution in [0.2, 0.25) is 5.02 Å². The highest BCUT2D eigenvalue weighted by molar-refractivity contribution is 7.90. The fraction of sp³-hybridized carbons (Fsp3) is 0.364. The lowest BCUT2D eigenvalue weighted by atomic mass is 10.2. The van der Waals surface area contributed by atoms with Gasteiger partial charge in [0.05, 0.1) is 11.5 Å². The Hall–Kier alpha value is -0.870. The van der Waals surface area contributed by atoms with Crippen LogP contribution in [-0.2, 0) is 20.4 Å². The lowest BCUT2D eigenvalue weighted by Crippen LogP contribution is -2.11. The van der Waals surface area contributed by atoms with Gasteiger partial charge in [0.25, 0.3) is 0 Å². The molecule has 0 amide bonds. The van der Waals surface area contributed by atoms with Gasteiger partial charge in [-0.25, -0.2) is 8.42 Å². The molecule has 0 spiro atoms. The first-order valence-electron chi connectivity index (χ1n) is 4.83. The molecule has 0 aliphatic carbocycles. The maximum absolute atomic E-state index is 11.6. The zero-order valence-corrected chi connectivity index (χ0v) is 10.5. The van der Waals surface area contributed by atoms with Crippen LogP contribution in [0.4, 0.5) is 0 Å². The molecule has 1 rings (SSSR count). The van der Waals surface area contributed by atoms with Gasteiger partial charge in [-0.05, 0) is 24.6 Å². The number of rotatable bonds is 5. The molecule has 0 atom stereocenters. The molecule has 0 N–H and O–H groups in total. The van der Waals surface area contributed by atoms with Crippen molar-refractivity contribution in [1.82, 2.24) is 0 Å². The maximum Gasteiger partial charge on any atom is 0.154 e. The van der Waals surface area contributed by atoms with E-state index in [2.05, 4.69) is 0 Å². The fourth-order valence-electron chi connectivity index (χ4n) is 1.21. The molecule has 5 heteroatoms. The summed E-state index contributed by atoms with van der Waals surface area (Å²) in [5, 5.41) is 0.574. The summed E-state index contributed by atoms with van der Waals surface area (Å²) in [6.45, 7) is 1.39. The molecule has 0 saturated carbocycles. The number of carbonyl (C=O) groups is 1. The number of ketones is 1. The summed E-state index contributed by atoms with van der Waals surface area (Å²) in [5.41, 5.74) is 0.688. The first-order chi connectivity index (χ1) is 7.39. The highest BCUT2D eigenvalue weighted by atomic mass is 35.5. The number of hydrogen-bond acceptors (Lipinski definition) is 3. The molecular formula is C11H13ClO3S. The molecule has 0 fully saturated rings. The number of benzene rings is 1. The molecular weight excluding hydrogens is 248 g/mol. The van der Waals surface area contributed by atoms with Crippen molar-refractivity contribution < 1.29 is 13.2 Å². The van der Waals surface area contributed by atoms with Crippen LogP contribution in [-0.4, -0.2) is 20.0 Å². The maximum atomic E-state index is 11.6. The van der Waals surface area contributed by atoms with E-state index in [0.29, 0.717) is 10.6 Å². The Balaban J connectivity index is 2.65. The third-order valence-corrected chi connectivity index (χ3v) is 3.92. The van der Waals surface area contributed by atoms with E-state index in [1.54, 1.807) is 24.3 Å². The second kappa shape index (κ2) is 5.46. The second-order valence-electron chi connectivity index (χ2n) is 3.67. The normalized spacial score (nSPS) is 11.4. The van der Waals surface area contributed by atoms with E-state index in [1.165, 1.54) is 6.92 Å². The molecule has 0 saturated heterocycles. The first kappa shape index (κ1) is 13.2. The van der Waals surface area contributed by atoms with Crippen LogP contribution in [0.5, 0.6) is 0 Å². The molecule has 1 aromatic carbocycles. The highest BCUT2D eigenvalue weighted by Gasteiger charge is 2.12. The largest absolute Gasteiger partial charge is 0.300 e. The van der Waals surface area contributed by atoms with Crippen LogP contribution in [0.15, 0.2) is 24.3 Å². The number of hydrogen-bond donors (Lipinski definition) is 0. The van der Waals surface area contributed by atoms with Gasteiger partial charge < -0.3 is 0 Å². The fourth-order valence-corrected chi connectivity index (χ4v) is 2.78. The van der Waals surface area contributed by atoms with E-state index in [4.69, 9.17) is 11.6 Å². The van der Waals surface area contributed by atoms with E-state index in [9.17, 15) is 13.2 Å². The monoisotopic (exact) mass is 260 g/mol. The first-order valence-corrected chi connectivity index (χ1v) is 7.03. The van der Waals surface area contributed by atoms with Crippen molar-refractivity contribution in [3.05, 3.63) is 34.9 Å². The lowest BCUT2D eigenvalue weighted by molar-refractivity contribution is -0.116. The molecule has 0 aliphatic heterocycles. The van der Waals surface area contributed by atoms with Gasteiger partial charge in [-0.15, -0.1) is 0 Å². The Morgan fingerprint density at radius 1 is 1.25 bits per heavy atom. The van der Waals surface area contributed by atoms with Gasteiger partial charge in [0.1, 0.15) is 5.78 Å². The summed E-state index contributed by atoms with van der Waals surface area (Å²) in [7, 11) is -3.21. The third kappa shape index (κ3) is 4.77. The molecule has 16 heavy (non-hydrogen) atoms. The van der Waals surface area contributed by atoms with E-state index >= 15 is 0 Å². The summed E-state index contributed by atoms with van der Waals surface area (Å²) >= 11 is 5.69. The Labute approximate surface area is 100 Å². The number of halogens is 1. The Morgan fingerprint density at radius 3 is 2.31 bits per heavy atom. The molecule has 1 aromatic rings. The average Bonchev–Trinajstić information content (AvgIpc) is 2.19. The van der Waals surface area contributed by atoms with Crippen molar-refractivity contribution in [3.63, 3.8) is 0 Å². The van der Waals surface area contributed by atoms with Crippen LogP contribution < -0.4 is 0 Å². The van der Waals surface area contributed by atoms with E-state index in [-0.39, 0.29) is 23.7 Å². The number of Topliss-reactive ketones (excluding diaryl/α,β-unsaturated/α-hetero) is 1. The second-order valence-corrected chi connectivity index (χ2v) is 6.29. The van der Waals surface area contributed by atoms with Crippen LogP contribution in [0.1, 0.15) is 18.9 Å². The quantitative estimate of drug-likeness (QED) is 0.816. The van der Waals surface area contributed by atoms with Gasteiger partial charge in [-0.1, -0.05) is 23.7 Å². The minimum Gasteiger partial charge on any atom is -0.300 e. The van der Waals surface area contributed by atoms with Gasteiger partial charge in [0.2, 0.25) is 0 Å². The van der Waals surface area contributed by atoms with Crippen molar-refractivity contribution in [2.45, 2.75) is 19.1 Å². The lowest BCUT2D eigenvalue weighted by Gasteiger charge is -2.03. The van der Waals surface area contributed by atoms with Gasteiger partial charge >= 0.3 is 0 Å². The number of carbonyl (C=O) groups excluding carboxylic acids is 1. The standard InChI is InChI=1S/C11H13ClO3S/c1-9(13)6-7-16(14,15)8-10-2-4-11(12)5-3-10/h2-5H,6-8H2,1H3. The predicted octanol–water partition coefficient (Wildman–Crippen LogP) is 2.23. The summed E-state index contributed by atoms with van der Waals surface area (Å²) < 4.78 is 23.2. The van der Waals surface area contributed by atoms with E-state index in [0.717, 1.165) is 0 Å². The summed E-state index contributed by atoms with van der Waals surface area (Å²) in [5.74, 6) is -0.248. The predicted molar refractivity (Wildman–Crippen MR) is 64.2 cm³/mol. The van der Waals surface area contributed by atoms with E-state index in [1.807, 2.05) is 0 Å². The van der Waals surface area contributed by atoms with Crippen LogP contribution >= 0.6 is 11.6 Å². The molecule has 0 heterocycles. The minimum atomic E-state index is -3.21. The van der Waals surface area contributed by atoms with Gasteiger partial charge in [-0.3, -0.25) is 4.79 Å². The zero-order chi connectivity index (χ0) is 12.2. The van der Waals surface area contributed by atoms with E-state index < -0.39 is 9.84 Å². The Kier molecular flexibility index (Phi) is 4.50. The highest BCUT2D eigenvalue weighted by Crippen LogP contribution is 2.12. The van der Waals surface area contributed by atoms with Crippen molar-refractivity contribution in [1.29, 1.82) is 0 Å². The van der Waals surface area contributed by atoms with Gasteiger partial charge in [0, 0.05) is 11.4 Å².